The van der Waals surface area contributed by atoms with Gasteiger partial charge in [0.2, 0.25) is 0 Å². The van der Waals surface area contributed by atoms with Gasteiger partial charge in [0, 0.05) is 0 Å². The van der Waals surface area contributed by atoms with Crippen molar-refractivity contribution in [3.63, 3.8) is 0 Å². The number of rotatable bonds is 6. The highest BCUT2D eigenvalue weighted by molar-refractivity contribution is 5.93. The first-order chi connectivity index (χ1) is 13.5. The molecule has 28 heavy (non-hydrogen) atoms. The van der Waals surface area contributed by atoms with Gasteiger partial charge in [0.05, 0.1) is 6.54 Å². The quantitative estimate of drug-likeness (QED) is 0.674. The molecule has 0 aliphatic carbocycles. The van der Waals surface area contributed by atoms with Gasteiger partial charge >= 0.3 is 0 Å². The molecule has 0 unspecified atom stereocenters. The maximum absolute atomic E-state index is 13.7. The molecule has 1 amide bonds. The van der Waals surface area contributed by atoms with Crippen molar-refractivity contribution in [3.05, 3.63) is 71.8 Å². The van der Waals surface area contributed by atoms with E-state index in [0.29, 0.717) is 0 Å². The summed E-state index contributed by atoms with van der Waals surface area (Å²) in [6.07, 6.45) is 4.32. The standard InChI is InChI=1S/C22H25F2N3O/c1-17(22(28)25-21-19(23)10-5-11-20(21)24)27-15-13-26(14-16-27)12-6-9-18-7-3-2-4-8-18/h2-11,17H,12-16H2,1H3,(H,25,28)/p+2/b9-6+/t17-/m1/s1. The van der Waals surface area contributed by atoms with E-state index in [4.69, 9.17) is 0 Å². The second-order valence-corrected chi connectivity index (χ2v) is 7.23. The third-order valence-electron chi connectivity index (χ3n) is 5.33. The lowest BCUT2D eigenvalue weighted by molar-refractivity contribution is -1.02. The summed E-state index contributed by atoms with van der Waals surface area (Å²) in [6, 6.07) is 13.4. The Morgan fingerprint density at radius 2 is 1.68 bits per heavy atom. The average molecular weight is 387 g/mol. The van der Waals surface area contributed by atoms with Crippen LogP contribution in [0.3, 0.4) is 0 Å². The fourth-order valence-electron chi connectivity index (χ4n) is 3.52. The molecule has 0 radical (unpaired) electrons. The molecule has 1 heterocycles. The third-order valence-corrected chi connectivity index (χ3v) is 5.33. The van der Waals surface area contributed by atoms with Gasteiger partial charge in [-0.25, -0.2) is 8.78 Å². The van der Waals surface area contributed by atoms with Gasteiger partial charge < -0.3 is 15.1 Å². The molecular weight excluding hydrogens is 360 g/mol. The van der Waals surface area contributed by atoms with Crippen molar-refractivity contribution in [1.29, 1.82) is 0 Å². The number of carbonyl (C=O) groups is 1. The van der Waals surface area contributed by atoms with Crippen LogP contribution in [0.1, 0.15) is 12.5 Å². The van der Waals surface area contributed by atoms with Crippen LogP contribution in [0.5, 0.6) is 0 Å². The molecule has 4 nitrogen and oxygen atoms in total. The Hall–Kier alpha value is -2.57. The Morgan fingerprint density at radius 1 is 1.04 bits per heavy atom. The zero-order valence-corrected chi connectivity index (χ0v) is 16.1. The van der Waals surface area contributed by atoms with Crippen molar-refractivity contribution in [3.8, 4) is 0 Å². The molecule has 3 N–H and O–H groups in total. The second kappa shape index (κ2) is 9.57. The maximum Gasteiger partial charge on any atom is 0.282 e. The van der Waals surface area contributed by atoms with E-state index in [1.54, 1.807) is 0 Å². The fourth-order valence-corrected chi connectivity index (χ4v) is 3.52. The van der Waals surface area contributed by atoms with Gasteiger partial charge in [-0.15, -0.1) is 0 Å². The second-order valence-electron chi connectivity index (χ2n) is 7.23. The smallest absolute Gasteiger partial charge is 0.282 e. The largest absolute Gasteiger partial charge is 0.322 e. The minimum Gasteiger partial charge on any atom is -0.322 e. The molecule has 1 aliphatic heterocycles. The number of carbonyl (C=O) groups excluding carboxylic acids is 1. The normalized spacial score (nSPS) is 20.8. The van der Waals surface area contributed by atoms with E-state index in [1.807, 2.05) is 25.1 Å². The number of benzene rings is 2. The molecular formula is C22H27F2N3O+2. The Kier molecular flexibility index (Phi) is 6.90. The molecule has 148 valence electrons. The van der Waals surface area contributed by atoms with Gasteiger partial charge in [-0.05, 0) is 30.7 Å². The van der Waals surface area contributed by atoms with Crippen LogP contribution in [0.15, 0.2) is 54.6 Å². The molecule has 2 aromatic carbocycles. The predicted molar refractivity (Wildman–Crippen MR) is 106 cm³/mol. The molecule has 0 aromatic heterocycles. The Bertz CT molecular complexity index is 798. The number of nitrogens with one attached hydrogen (secondary N) is 3. The topological polar surface area (TPSA) is 38.0 Å². The van der Waals surface area contributed by atoms with Crippen LogP contribution in [0.25, 0.3) is 6.08 Å². The predicted octanol–water partition coefficient (Wildman–Crippen LogP) is 0.789. The first-order valence-electron chi connectivity index (χ1n) is 9.69. The number of quaternary nitrogens is 2. The van der Waals surface area contributed by atoms with Gasteiger partial charge in [0.25, 0.3) is 5.91 Å². The van der Waals surface area contributed by atoms with Crippen molar-refractivity contribution >= 4 is 17.7 Å². The summed E-state index contributed by atoms with van der Waals surface area (Å²) in [5.74, 6) is -1.86. The SMILES string of the molecule is C[C@H](C(=O)Nc1c(F)cccc1F)[NH+]1CC[NH+](C/C=C/c2ccccc2)CC1. The summed E-state index contributed by atoms with van der Waals surface area (Å²) in [6.45, 7) is 6.37. The number of anilines is 1. The summed E-state index contributed by atoms with van der Waals surface area (Å²) in [5, 5.41) is 2.41. The Balaban J connectivity index is 1.47. The summed E-state index contributed by atoms with van der Waals surface area (Å²) in [7, 11) is 0. The average Bonchev–Trinajstić information content (AvgIpc) is 2.71. The third kappa shape index (κ3) is 5.24. The zero-order chi connectivity index (χ0) is 19.9. The Labute approximate surface area is 164 Å². The van der Waals surface area contributed by atoms with Crippen LogP contribution in [-0.4, -0.2) is 44.7 Å². The van der Waals surface area contributed by atoms with Gasteiger partial charge in [0.1, 0.15) is 43.5 Å². The van der Waals surface area contributed by atoms with E-state index in [9.17, 15) is 13.6 Å². The minimum absolute atomic E-state index is 0.355. The van der Waals surface area contributed by atoms with Crippen molar-refractivity contribution in [2.24, 2.45) is 0 Å². The van der Waals surface area contributed by atoms with Gasteiger partial charge in [-0.2, -0.15) is 0 Å². The van der Waals surface area contributed by atoms with Crippen molar-refractivity contribution < 1.29 is 23.4 Å². The van der Waals surface area contributed by atoms with E-state index in [-0.39, 0.29) is 17.6 Å². The summed E-state index contributed by atoms with van der Waals surface area (Å²) >= 11 is 0. The lowest BCUT2D eigenvalue weighted by Gasteiger charge is -2.32. The molecule has 2 aromatic rings. The number of halogens is 2. The summed E-state index contributed by atoms with van der Waals surface area (Å²) in [4.78, 5) is 15.1. The maximum atomic E-state index is 13.7. The van der Waals surface area contributed by atoms with Crippen LogP contribution in [-0.2, 0) is 4.79 Å². The van der Waals surface area contributed by atoms with Gasteiger partial charge in [-0.1, -0.05) is 42.5 Å². The van der Waals surface area contributed by atoms with Crippen molar-refractivity contribution in [1.82, 2.24) is 0 Å². The molecule has 1 aliphatic rings. The monoisotopic (exact) mass is 387 g/mol. The molecule has 0 bridgehead atoms. The van der Waals surface area contributed by atoms with E-state index >= 15 is 0 Å². The first kappa shape index (κ1) is 20.2. The molecule has 1 atom stereocenters. The number of amides is 1. The molecule has 1 saturated heterocycles. The van der Waals surface area contributed by atoms with E-state index in [1.165, 1.54) is 16.5 Å². The number of hydrogen-bond donors (Lipinski definition) is 3. The van der Waals surface area contributed by atoms with Crippen LogP contribution < -0.4 is 15.1 Å². The summed E-state index contributed by atoms with van der Waals surface area (Å²) < 4.78 is 27.5. The molecule has 0 spiro atoms. The van der Waals surface area contributed by atoms with E-state index < -0.39 is 11.6 Å². The van der Waals surface area contributed by atoms with Gasteiger partial charge in [-0.3, -0.25) is 4.79 Å². The number of hydrogen-bond acceptors (Lipinski definition) is 1. The first-order valence-corrected chi connectivity index (χ1v) is 9.69. The van der Waals surface area contributed by atoms with Crippen LogP contribution in [0.4, 0.5) is 14.5 Å². The van der Waals surface area contributed by atoms with Crippen LogP contribution >= 0.6 is 0 Å². The fraction of sp³-hybridized carbons (Fsp3) is 0.318. The van der Waals surface area contributed by atoms with Gasteiger partial charge in [0.15, 0.2) is 6.04 Å². The highest BCUT2D eigenvalue weighted by Gasteiger charge is 2.31. The lowest BCUT2D eigenvalue weighted by atomic mass is 10.2. The molecule has 1 fully saturated rings. The van der Waals surface area contributed by atoms with Crippen LogP contribution in [0, 0.1) is 11.6 Å². The number of para-hydroxylation sites is 1. The summed E-state index contributed by atoms with van der Waals surface area (Å²) in [5.41, 5.74) is 0.825. The minimum atomic E-state index is -0.755. The molecule has 6 heteroatoms. The van der Waals surface area contributed by atoms with Crippen molar-refractivity contribution in [2.75, 3.05) is 38.0 Å². The van der Waals surface area contributed by atoms with E-state index in [2.05, 4.69) is 29.6 Å². The molecule has 3 rings (SSSR count). The Morgan fingerprint density at radius 3 is 2.32 bits per heavy atom. The number of piperazine rings is 1. The highest BCUT2D eigenvalue weighted by atomic mass is 19.1. The lowest BCUT2D eigenvalue weighted by Crippen LogP contribution is -3.29. The van der Waals surface area contributed by atoms with Crippen LogP contribution in [0.2, 0.25) is 0 Å². The highest BCUT2D eigenvalue weighted by Crippen LogP contribution is 2.17. The zero-order valence-electron chi connectivity index (χ0n) is 16.1. The molecule has 0 saturated carbocycles. The van der Waals surface area contributed by atoms with E-state index in [0.717, 1.165) is 49.8 Å². The van der Waals surface area contributed by atoms with Crippen molar-refractivity contribution in [2.45, 2.75) is 13.0 Å².